The molecule has 1 aromatic rings. The Kier molecular flexibility index (Phi) is 7.20. The van der Waals surface area contributed by atoms with Crippen LogP contribution in [-0.4, -0.2) is 42.3 Å². The van der Waals surface area contributed by atoms with Gasteiger partial charge in [-0.3, -0.25) is 14.4 Å². The van der Waals surface area contributed by atoms with Crippen molar-refractivity contribution >= 4 is 39.3 Å². The Morgan fingerprint density at radius 3 is 2.65 bits per heavy atom. The van der Waals surface area contributed by atoms with E-state index in [0.717, 1.165) is 30.4 Å². The van der Waals surface area contributed by atoms with E-state index in [2.05, 4.69) is 40.4 Å². The van der Waals surface area contributed by atoms with Crippen molar-refractivity contribution in [1.82, 2.24) is 10.2 Å². The molecule has 0 radical (unpaired) electrons. The molecule has 0 saturated carbocycles. The molecule has 7 heteroatoms. The number of amides is 3. The van der Waals surface area contributed by atoms with E-state index in [1.54, 1.807) is 18.2 Å². The van der Waals surface area contributed by atoms with Crippen molar-refractivity contribution in [3.05, 3.63) is 28.2 Å². The molecule has 2 unspecified atom stereocenters. The van der Waals surface area contributed by atoms with E-state index in [1.165, 1.54) is 6.92 Å². The first-order valence-electron chi connectivity index (χ1n) is 8.93. The highest BCUT2D eigenvalue weighted by atomic mass is 79.9. The second-order valence-corrected chi connectivity index (χ2v) is 7.89. The largest absolute Gasteiger partial charge is 0.347 e. The molecule has 0 bridgehead atoms. The van der Waals surface area contributed by atoms with Crippen molar-refractivity contribution in [1.29, 1.82) is 0 Å². The fourth-order valence-electron chi connectivity index (χ4n) is 3.31. The maximum atomic E-state index is 13.1. The highest BCUT2D eigenvalue weighted by Crippen LogP contribution is 2.28. The Bertz CT molecular complexity index is 693. The Hall–Kier alpha value is -1.89. The molecule has 26 heavy (non-hydrogen) atoms. The van der Waals surface area contributed by atoms with Crippen LogP contribution in [0.5, 0.6) is 0 Å². The van der Waals surface area contributed by atoms with Crippen molar-refractivity contribution in [2.45, 2.75) is 33.6 Å². The number of likely N-dealkylation sites (tertiary alicyclic amines) is 1. The summed E-state index contributed by atoms with van der Waals surface area (Å²) in [5.41, 5.74) is 0.916. The second-order valence-electron chi connectivity index (χ2n) is 6.97. The summed E-state index contributed by atoms with van der Waals surface area (Å²) in [5, 5.41) is 5.18. The van der Waals surface area contributed by atoms with Gasteiger partial charge in [0.05, 0.1) is 17.8 Å². The van der Waals surface area contributed by atoms with E-state index >= 15 is 0 Å². The quantitative estimate of drug-likeness (QED) is 0.763. The Balaban J connectivity index is 2.19. The van der Waals surface area contributed by atoms with Gasteiger partial charge in [0.15, 0.2) is 0 Å². The third-order valence-electron chi connectivity index (χ3n) is 4.59. The van der Waals surface area contributed by atoms with Gasteiger partial charge in [0.2, 0.25) is 11.8 Å². The van der Waals surface area contributed by atoms with E-state index in [4.69, 9.17) is 0 Å². The van der Waals surface area contributed by atoms with Crippen LogP contribution in [-0.2, 0) is 9.59 Å². The van der Waals surface area contributed by atoms with Crippen LogP contribution in [0.1, 0.15) is 44.0 Å². The standard InChI is InChI=1S/C19H26BrN3O3/c1-4-14-7-12(2)10-23(11-14)19(26)16-8-15(20)5-6-17(16)22-18(25)9-21-13(3)24/h5-6,8,12,14H,4,7,9-11H2,1-3H3,(H,21,24)(H,22,25). The number of rotatable bonds is 5. The van der Waals surface area contributed by atoms with Crippen LogP contribution < -0.4 is 10.6 Å². The maximum absolute atomic E-state index is 13.1. The van der Waals surface area contributed by atoms with E-state index < -0.39 is 0 Å². The lowest BCUT2D eigenvalue weighted by Gasteiger charge is -2.36. The molecule has 1 aliphatic heterocycles. The van der Waals surface area contributed by atoms with Crippen molar-refractivity contribution in [3.8, 4) is 0 Å². The average molecular weight is 424 g/mol. The molecule has 1 heterocycles. The smallest absolute Gasteiger partial charge is 0.256 e. The van der Waals surface area contributed by atoms with Gasteiger partial charge in [-0.1, -0.05) is 36.2 Å². The van der Waals surface area contributed by atoms with Gasteiger partial charge in [-0.25, -0.2) is 0 Å². The van der Waals surface area contributed by atoms with Crippen LogP contribution in [0.15, 0.2) is 22.7 Å². The van der Waals surface area contributed by atoms with Crippen molar-refractivity contribution in [3.63, 3.8) is 0 Å². The molecule has 1 aromatic carbocycles. The van der Waals surface area contributed by atoms with Gasteiger partial charge < -0.3 is 15.5 Å². The molecule has 3 amide bonds. The molecule has 0 aromatic heterocycles. The number of hydrogen-bond acceptors (Lipinski definition) is 3. The first-order valence-corrected chi connectivity index (χ1v) is 9.72. The van der Waals surface area contributed by atoms with Gasteiger partial charge in [0, 0.05) is 24.5 Å². The van der Waals surface area contributed by atoms with E-state index in [0.29, 0.717) is 23.1 Å². The summed E-state index contributed by atoms with van der Waals surface area (Å²) in [5.74, 6) is 0.247. The van der Waals surface area contributed by atoms with Gasteiger partial charge in [-0.15, -0.1) is 0 Å². The van der Waals surface area contributed by atoms with Gasteiger partial charge in [-0.05, 0) is 36.5 Å². The fraction of sp³-hybridized carbons (Fsp3) is 0.526. The highest BCUT2D eigenvalue weighted by molar-refractivity contribution is 9.10. The second kappa shape index (κ2) is 9.16. The summed E-state index contributed by atoms with van der Waals surface area (Å²) in [6, 6.07) is 5.21. The zero-order chi connectivity index (χ0) is 19.3. The molecule has 1 aliphatic rings. The normalized spacial score (nSPS) is 19.8. The molecular formula is C19H26BrN3O3. The first-order chi connectivity index (χ1) is 12.3. The van der Waals surface area contributed by atoms with Gasteiger partial charge in [0.25, 0.3) is 5.91 Å². The van der Waals surface area contributed by atoms with Crippen LogP contribution >= 0.6 is 15.9 Å². The lowest BCUT2D eigenvalue weighted by Crippen LogP contribution is -2.43. The molecular weight excluding hydrogens is 398 g/mol. The molecule has 0 aliphatic carbocycles. The summed E-state index contributed by atoms with van der Waals surface area (Å²) in [7, 11) is 0. The summed E-state index contributed by atoms with van der Waals surface area (Å²) >= 11 is 3.40. The monoisotopic (exact) mass is 423 g/mol. The Morgan fingerprint density at radius 2 is 2.00 bits per heavy atom. The highest BCUT2D eigenvalue weighted by Gasteiger charge is 2.29. The van der Waals surface area contributed by atoms with E-state index in [-0.39, 0.29) is 24.3 Å². The third-order valence-corrected chi connectivity index (χ3v) is 5.09. The van der Waals surface area contributed by atoms with E-state index in [9.17, 15) is 14.4 Å². The molecule has 2 N–H and O–H groups in total. The number of nitrogens with one attached hydrogen (secondary N) is 2. The summed E-state index contributed by atoms with van der Waals surface area (Å²) in [6.45, 7) is 7.01. The van der Waals surface area contributed by atoms with Gasteiger partial charge in [-0.2, -0.15) is 0 Å². The van der Waals surface area contributed by atoms with E-state index in [1.807, 2.05) is 4.90 Å². The molecule has 1 saturated heterocycles. The first kappa shape index (κ1) is 20.4. The van der Waals surface area contributed by atoms with Crippen LogP contribution in [0.4, 0.5) is 5.69 Å². The van der Waals surface area contributed by atoms with Crippen molar-refractivity contribution in [2.75, 3.05) is 25.0 Å². The number of anilines is 1. The zero-order valence-electron chi connectivity index (χ0n) is 15.5. The number of carbonyl (C=O) groups excluding carboxylic acids is 3. The predicted molar refractivity (Wildman–Crippen MR) is 105 cm³/mol. The molecule has 142 valence electrons. The SMILES string of the molecule is CCC1CC(C)CN(C(=O)c2cc(Br)ccc2NC(=O)CNC(C)=O)C1. The number of hydrogen-bond donors (Lipinski definition) is 2. The lowest BCUT2D eigenvalue weighted by atomic mass is 9.88. The average Bonchev–Trinajstić information content (AvgIpc) is 2.60. The number of benzene rings is 1. The minimum Gasteiger partial charge on any atom is -0.347 e. The number of piperidine rings is 1. The van der Waals surface area contributed by atoms with Crippen LogP contribution in [0.2, 0.25) is 0 Å². The molecule has 0 spiro atoms. The minimum atomic E-state index is -0.366. The minimum absolute atomic E-state index is 0.0777. The van der Waals surface area contributed by atoms with Crippen molar-refractivity contribution in [2.24, 2.45) is 11.8 Å². The van der Waals surface area contributed by atoms with Crippen LogP contribution in [0.3, 0.4) is 0 Å². The number of carbonyl (C=O) groups is 3. The zero-order valence-corrected chi connectivity index (χ0v) is 17.1. The topological polar surface area (TPSA) is 78.5 Å². The molecule has 1 fully saturated rings. The summed E-state index contributed by atoms with van der Waals surface area (Å²) < 4.78 is 0.776. The third kappa shape index (κ3) is 5.56. The van der Waals surface area contributed by atoms with Gasteiger partial charge >= 0.3 is 0 Å². The summed E-state index contributed by atoms with van der Waals surface area (Å²) in [6.07, 6.45) is 2.19. The molecule has 6 nitrogen and oxygen atoms in total. The van der Waals surface area contributed by atoms with Crippen molar-refractivity contribution < 1.29 is 14.4 Å². The fourth-order valence-corrected chi connectivity index (χ4v) is 3.68. The Labute approximate surface area is 162 Å². The number of halogens is 1. The molecule has 2 atom stereocenters. The Morgan fingerprint density at radius 1 is 1.27 bits per heavy atom. The van der Waals surface area contributed by atoms with Crippen LogP contribution in [0.25, 0.3) is 0 Å². The lowest BCUT2D eigenvalue weighted by molar-refractivity contribution is -0.122. The van der Waals surface area contributed by atoms with Crippen LogP contribution in [0, 0.1) is 11.8 Å². The predicted octanol–water partition coefficient (Wildman–Crippen LogP) is 3.03. The summed E-state index contributed by atoms with van der Waals surface area (Å²) in [4.78, 5) is 38.0. The maximum Gasteiger partial charge on any atom is 0.256 e. The van der Waals surface area contributed by atoms with Gasteiger partial charge in [0.1, 0.15) is 0 Å². The molecule has 2 rings (SSSR count). The number of nitrogens with zero attached hydrogens (tertiary/aromatic N) is 1.